The van der Waals surface area contributed by atoms with Gasteiger partial charge in [0.25, 0.3) is 0 Å². The molecule has 1 saturated carbocycles. The Morgan fingerprint density at radius 2 is 1.84 bits per heavy atom. The first kappa shape index (κ1) is 13.0. The molecule has 3 rings (SSSR count). The lowest BCUT2D eigenvalue weighted by Gasteiger charge is -2.46. The van der Waals surface area contributed by atoms with Crippen LogP contribution in [0, 0.1) is 5.92 Å². The molecule has 3 unspecified atom stereocenters. The zero-order valence-corrected chi connectivity index (χ0v) is 12.0. The van der Waals surface area contributed by atoms with Crippen LogP contribution in [0.1, 0.15) is 57.1 Å². The van der Waals surface area contributed by atoms with Crippen LogP contribution in [0.2, 0.25) is 0 Å². The lowest BCUT2D eigenvalue weighted by Crippen LogP contribution is -2.47. The second-order valence-electron chi connectivity index (χ2n) is 6.29. The molecule has 0 spiro atoms. The Morgan fingerprint density at radius 1 is 1.11 bits per heavy atom. The van der Waals surface area contributed by atoms with Crippen molar-refractivity contribution in [1.82, 2.24) is 0 Å². The minimum atomic E-state index is 0.125. The van der Waals surface area contributed by atoms with Gasteiger partial charge in [-0.15, -0.1) is 0 Å². The topological polar surface area (TPSA) is 29.3 Å². The van der Waals surface area contributed by atoms with Crippen molar-refractivity contribution in [3.63, 3.8) is 0 Å². The Hall–Kier alpha value is -1.02. The molecular formula is C17H26N2. The summed E-state index contributed by atoms with van der Waals surface area (Å²) in [7, 11) is 0. The average Bonchev–Trinajstić information content (AvgIpc) is 2.46. The van der Waals surface area contributed by atoms with Gasteiger partial charge in [0.15, 0.2) is 0 Å². The molecule has 1 aliphatic carbocycles. The van der Waals surface area contributed by atoms with Crippen molar-refractivity contribution >= 4 is 5.69 Å². The first-order chi connectivity index (χ1) is 9.27. The number of nitrogens with two attached hydrogens (primary N) is 1. The van der Waals surface area contributed by atoms with Gasteiger partial charge in [-0.3, -0.25) is 0 Å². The van der Waals surface area contributed by atoms with Gasteiger partial charge in [0.2, 0.25) is 0 Å². The summed E-state index contributed by atoms with van der Waals surface area (Å²) in [4.78, 5) is 2.67. The van der Waals surface area contributed by atoms with Crippen LogP contribution in [0.3, 0.4) is 0 Å². The number of hydrogen-bond acceptors (Lipinski definition) is 2. The first-order valence-electron chi connectivity index (χ1n) is 7.88. The van der Waals surface area contributed by atoms with E-state index in [4.69, 9.17) is 5.73 Å². The maximum atomic E-state index is 6.16. The van der Waals surface area contributed by atoms with Gasteiger partial charge in [0.05, 0.1) is 0 Å². The minimum Gasteiger partial charge on any atom is -0.368 e. The molecule has 0 bridgehead atoms. The molecule has 1 heterocycles. The van der Waals surface area contributed by atoms with Gasteiger partial charge >= 0.3 is 0 Å². The number of para-hydroxylation sites is 1. The monoisotopic (exact) mass is 258 g/mol. The van der Waals surface area contributed by atoms with E-state index in [0.717, 1.165) is 12.0 Å². The van der Waals surface area contributed by atoms with Crippen LogP contribution in [-0.4, -0.2) is 12.6 Å². The molecule has 2 aliphatic rings. The molecule has 2 fully saturated rings. The van der Waals surface area contributed by atoms with Gasteiger partial charge in [-0.25, -0.2) is 0 Å². The standard InChI is InChI=1S/C17H26N2/c1-13(18)15-9-3-5-11-17(15)19-12-6-8-14-7-2-4-10-16(14)19/h3,5,9,11,13-14,16H,2,4,6-8,10,12,18H2,1H3. The number of anilines is 1. The number of nitrogens with zero attached hydrogens (tertiary/aromatic N) is 1. The summed E-state index contributed by atoms with van der Waals surface area (Å²) in [5, 5.41) is 0. The zero-order chi connectivity index (χ0) is 13.2. The Morgan fingerprint density at radius 3 is 2.68 bits per heavy atom. The molecule has 0 radical (unpaired) electrons. The number of piperidine rings is 1. The highest BCUT2D eigenvalue weighted by atomic mass is 15.2. The highest BCUT2D eigenvalue weighted by molar-refractivity contribution is 5.56. The summed E-state index contributed by atoms with van der Waals surface area (Å²) in [6.45, 7) is 3.31. The van der Waals surface area contributed by atoms with Crippen LogP contribution in [-0.2, 0) is 0 Å². The van der Waals surface area contributed by atoms with Crippen LogP contribution >= 0.6 is 0 Å². The van der Waals surface area contributed by atoms with Crippen LogP contribution in [0.5, 0.6) is 0 Å². The second kappa shape index (κ2) is 5.54. The summed E-state index contributed by atoms with van der Waals surface area (Å²) in [6, 6.07) is 9.64. The van der Waals surface area contributed by atoms with Gasteiger partial charge in [-0.05, 0) is 50.2 Å². The molecule has 1 aliphatic heterocycles. The summed E-state index contributed by atoms with van der Waals surface area (Å²) in [5.41, 5.74) is 8.87. The average molecular weight is 258 g/mol. The van der Waals surface area contributed by atoms with Crippen LogP contribution < -0.4 is 10.6 Å². The predicted octanol–water partition coefficient (Wildman–Crippen LogP) is 3.87. The van der Waals surface area contributed by atoms with Crippen LogP contribution in [0.4, 0.5) is 5.69 Å². The van der Waals surface area contributed by atoms with Crippen molar-refractivity contribution in [2.45, 2.75) is 57.5 Å². The molecule has 2 heteroatoms. The third kappa shape index (κ3) is 2.51. The molecule has 2 N–H and O–H groups in total. The SMILES string of the molecule is CC(N)c1ccccc1N1CCCC2CCCCC21. The van der Waals surface area contributed by atoms with E-state index in [1.54, 1.807) is 0 Å². The molecule has 1 aromatic rings. The Kier molecular flexibility index (Phi) is 3.79. The largest absolute Gasteiger partial charge is 0.368 e. The Balaban J connectivity index is 1.91. The lowest BCUT2D eigenvalue weighted by atomic mass is 9.78. The third-order valence-corrected chi connectivity index (χ3v) is 4.98. The van der Waals surface area contributed by atoms with E-state index in [9.17, 15) is 0 Å². The summed E-state index contributed by atoms with van der Waals surface area (Å²) >= 11 is 0. The van der Waals surface area contributed by atoms with Crippen molar-refractivity contribution in [2.75, 3.05) is 11.4 Å². The van der Waals surface area contributed by atoms with E-state index in [2.05, 4.69) is 36.1 Å². The number of fused-ring (bicyclic) bond motifs is 1. The van der Waals surface area contributed by atoms with Gasteiger partial charge in [-0.2, -0.15) is 0 Å². The molecule has 0 amide bonds. The highest BCUT2D eigenvalue weighted by Gasteiger charge is 2.34. The van der Waals surface area contributed by atoms with E-state index >= 15 is 0 Å². The van der Waals surface area contributed by atoms with Gasteiger partial charge in [0.1, 0.15) is 0 Å². The molecule has 2 nitrogen and oxygen atoms in total. The normalized spacial score (nSPS) is 28.8. The van der Waals surface area contributed by atoms with Crippen molar-refractivity contribution in [3.8, 4) is 0 Å². The fraction of sp³-hybridized carbons (Fsp3) is 0.647. The number of benzene rings is 1. The molecule has 19 heavy (non-hydrogen) atoms. The number of rotatable bonds is 2. The Bertz CT molecular complexity index is 425. The van der Waals surface area contributed by atoms with Crippen molar-refractivity contribution in [2.24, 2.45) is 11.7 Å². The maximum absolute atomic E-state index is 6.16. The van der Waals surface area contributed by atoms with E-state index < -0.39 is 0 Å². The van der Waals surface area contributed by atoms with E-state index in [1.807, 2.05) is 0 Å². The fourth-order valence-corrected chi connectivity index (χ4v) is 4.06. The fourth-order valence-electron chi connectivity index (χ4n) is 4.06. The molecule has 1 aromatic carbocycles. The van der Waals surface area contributed by atoms with Crippen molar-refractivity contribution in [3.05, 3.63) is 29.8 Å². The Labute approximate surface area is 117 Å². The quantitative estimate of drug-likeness (QED) is 0.872. The summed E-state index contributed by atoms with van der Waals surface area (Å²) in [5.74, 6) is 0.920. The van der Waals surface area contributed by atoms with E-state index in [-0.39, 0.29) is 6.04 Å². The second-order valence-corrected chi connectivity index (χ2v) is 6.29. The molecular weight excluding hydrogens is 232 g/mol. The van der Waals surface area contributed by atoms with Gasteiger partial charge < -0.3 is 10.6 Å². The van der Waals surface area contributed by atoms with Gasteiger partial charge in [0, 0.05) is 24.3 Å². The molecule has 0 aromatic heterocycles. The summed E-state index contributed by atoms with van der Waals surface area (Å²) < 4.78 is 0. The molecule has 3 atom stereocenters. The third-order valence-electron chi connectivity index (χ3n) is 4.98. The van der Waals surface area contributed by atoms with E-state index in [0.29, 0.717) is 0 Å². The maximum Gasteiger partial charge on any atom is 0.0417 e. The van der Waals surface area contributed by atoms with Crippen molar-refractivity contribution < 1.29 is 0 Å². The number of hydrogen-bond donors (Lipinski definition) is 1. The smallest absolute Gasteiger partial charge is 0.0417 e. The highest BCUT2D eigenvalue weighted by Crippen LogP contribution is 2.39. The summed E-state index contributed by atoms with van der Waals surface area (Å²) in [6.07, 6.45) is 8.41. The lowest BCUT2D eigenvalue weighted by molar-refractivity contribution is 0.243. The molecule has 1 saturated heterocycles. The minimum absolute atomic E-state index is 0.125. The van der Waals surface area contributed by atoms with Crippen LogP contribution in [0.15, 0.2) is 24.3 Å². The zero-order valence-electron chi connectivity index (χ0n) is 12.0. The predicted molar refractivity (Wildman–Crippen MR) is 81.4 cm³/mol. The van der Waals surface area contributed by atoms with E-state index in [1.165, 1.54) is 56.3 Å². The van der Waals surface area contributed by atoms with Crippen molar-refractivity contribution in [1.29, 1.82) is 0 Å². The van der Waals surface area contributed by atoms with Crippen LogP contribution in [0.25, 0.3) is 0 Å². The molecule has 104 valence electrons. The van der Waals surface area contributed by atoms with Gasteiger partial charge in [-0.1, -0.05) is 31.0 Å². The first-order valence-corrected chi connectivity index (χ1v) is 7.88.